The van der Waals surface area contributed by atoms with Crippen molar-refractivity contribution in [3.05, 3.63) is 182 Å². The van der Waals surface area contributed by atoms with Gasteiger partial charge in [-0.3, -0.25) is 0 Å². The van der Waals surface area contributed by atoms with Crippen LogP contribution >= 0.6 is 11.3 Å². The second-order valence-electron chi connectivity index (χ2n) is 14.4. The summed E-state index contributed by atoms with van der Waals surface area (Å²) in [5.41, 5.74) is 6.50. The SMILES string of the molecule is c1ccc2cc(-c3nc(-c4ccc5ccccc5c4)nc(-c4cccc5c4sc4cc(-n6c7ccccc7c7ccc8ccccc8c76)ccc45)n3)ccc2c1. The fourth-order valence-electron chi connectivity index (χ4n) is 8.51. The second kappa shape index (κ2) is 12.2. The van der Waals surface area contributed by atoms with Crippen molar-refractivity contribution in [2.45, 2.75) is 0 Å². The highest BCUT2D eigenvalue weighted by Crippen LogP contribution is 2.42. The van der Waals surface area contributed by atoms with E-state index in [4.69, 9.17) is 15.0 Å². The minimum absolute atomic E-state index is 0.655. The van der Waals surface area contributed by atoms with Crippen molar-refractivity contribution >= 4 is 85.6 Å². The van der Waals surface area contributed by atoms with Crippen molar-refractivity contribution < 1.29 is 0 Å². The lowest BCUT2D eigenvalue weighted by atomic mass is 10.0. The molecular formula is C51H30N4S. The van der Waals surface area contributed by atoms with E-state index in [2.05, 4.69) is 187 Å². The van der Waals surface area contributed by atoms with Gasteiger partial charge in [0, 0.05) is 58.7 Å². The molecule has 0 fully saturated rings. The molecule has 0 bridgehead atoms. The molecule has 0 spiro atoms. The Kier molecular flexibility index (Phi) is 6.76. The van der Waals surface area contributed by atoms with Crippen molar-refractivity contribution in [3.8, 4) is 39.9 Å². The van der Waals surface area contributed by atoms with E-state index in [1.165, 1.54) is 58.8 Å². The number of aromatic nitrogens is 4. The zero-order valence-electron chi connectivity index (χ0n) is 30.0. The first-order valence-electron chi connectivity index (χ1n) is 18.8. The van der Waals surface area contributed by atoms with Crippen LogP contribution in [0, 0.1) is 0 Å². The lowest BCUT2D eigenvalue weighted by molar-refractivity contribution is 1.08. The Morgan fingerprint density at radius 2 is 0.946 bits per heavy atom. The Bertz CT molecular complexity index is 3460. The summed E-state index contributed by atoms with van der Waals surface area (Å²) in [5.74, 6) is 1.98. The fourth-order valence-corrected chi connectivity index (χ4v) is 9.76. The van der Waals surface area contributed by atoms with E-state index in [0.717, 1.165) is 37.9 Å². The normalized spacial score (nSPS) is 11.9. The maximum Gasteiger partial charge on any atom is 0.165 e. The molecule has 4 nitrogen and oxygen atoms in total. The van der Waals surface area contributed by atoms with Gasteiger partial charge in [0.1, 0.15) is 0 Å². The highest BCUT2D eigenvalue weighted by atomic mass is 32.1. The molecule has 3 aromatic heterocycles. The number of nitrogens with zero attached hydrogens (tertiary/aromatic N) is 4. The molecule has 0 unspecified atom stereocenters. The van der Waals surface area contributed by atoms with Crippen molar-refractivity contribution in [2.75, 3.05) is 0 Å². The lowest BCUT2D eigenvalue weighted by Gasteiger charge is -2.10. The maximum atomic E-state index is 5.22. The molecule has 0 atom stereocenters. The van der Waals surface area contributed by atoms with Gasteiger partial charge in [-0.05, 0) is 63.3 Å². The molecule has 9 aromatic carbocycles. The summed E-state index contributed by atoms with van der Waals surface area (Å²) in [5, 5.41) is 12.1. The van der Waals surface area contributed by atoms with Crippen molar-refractivity contribution in [1.29, 1.82) is 0 Å². The molecule has 12 rings (SSSR count). The van der Waals surface area contributed by atoms with E-state index < -0.39 is 0 Å². The largest absolute Gasteiger partial charge is 0.309 e. The third kappa shape index (κ3) is 4.81. The van der Waals surface area contributed by atoms with Crippen LogP contribution in [0.3, 0.4) is 0 Å². The summed E-state index contributed by atoms with van der Waals surface area (Å²) in [6, 6.07) is 65.1. The number of para-hydroxylation sites is 1. The molecule has 0 saturated carbocycles. The molecule has 0 amide bonds. The van der Waals surface area contributed by atoms with Gasteiger partial charge in [-0.25, -0.2) is 15.0 Å². The minimum atomic E-state index is 0.655. The van der Waals surface area contributed by atoms with Gasteiger partial charge in [-0.2, -0.15) is 0 Å². The van der Waals surface area contributed by atoms with Crippen LogP contribution in [-0.4, -0.2) is 19.5 Å². The number of hydrogen-bond donors (Lipinski definition) is 0. The molecular weight excluding hydrogens is 701 g/mol. The van der Waals surface area contributed by atoms with Crippen molar-refractivity contribution in [2.24, 2.45) is 0 Å². The van der Waals surface area contributed by atoms with E-state index in [1.54, 1.807) is 11.3 Å². The van der Waals surface area contributed by atoms with Gasteiger partial charge >= 0.3 is 0 Å². The van der Waals surface area contributed by atoms with Gasteiger partial charge in [-0.15, -0.1) is 11.3 Å². The average Bonchev–Trinajstić information content (AvgIpc) is 3.81. The molecule has 0 aliphatic heterocycles. The van der Waals surface area contributed by atoms with E-state index in [9.17, 15) is 0 Å². The Morgan fingerprint density at radius 1 is 0.375 bits per heavy atom. The van der Waals surface area contributed by atoms with Crippen LogP contribution in [0.25, 0.3) is 114 Å². The second-order valence-corrected chi connectivity index (χ2v) is 15.5. The number of rotatable bonds is 4. The first-order valence-corrected chi connectivity index (χ1v) is 19.7. The quantitative estimate of drug-likeness (QED) is 0.181. The monoisotopic (exact) mass is 730 g/mol. The zero-order chi connectivity index (χ0) is 36.7. The first-order chi connectivity index (χ1) is 27.7. The van der Waals surface area contributed by atoms with Crippen LogP contribution in [0.1, 0.15) is 0 Å². The number of thiophene rings is 1. The molecule has 0 aliphatic rings. The molecule has 12 aromatic rings. The lowest BCUT2D eigenvalue weighted by Crippen LogP contribution is -2.00. The van der Waals surface area contributed by atoms with Crippen LogP contribution < -0.4 is 0 Å². The first kappa shape index (κ1) is 31.2. The molecule has 0 N–H and O–H groups in total. The van der Waals surface area contributed by atoms with E-state index >= 15 is 0 Å². The zero-order valence-corrected chi connectivity index (χ0v) is 30.8. The Balaban J connectivity index is 1.07. The minimum Gasteiger partial charge on any atom is -0.309 e. The highest BCUT2D eigenvalue weighted by Gasteiger charge is 2.19. The van der Waals surface area contributed by atoms with E-state index in [1.807, 2.05) is 0 Å². The molecule has 3 heterocycles. The Hall–Kier alpha value is -7.21. The maximum absolute atomic E-state index is 5.22. The van der Waals surface area contributed by atoms with Crippen LogP contribution in [0.2, 0.25) is 0 Å². The number of hydrogen-bond acceptors (Lipinski definition) is 4. The summed E-state index contributed by atoms with van der Waals surface area (Å²) in [6.07, 6.45) is 0. The summed E-state index contributed by atoms with van der Waals surface area (Å²) in [7, 11) is 0. The molecule has 260 valence electrons. The molecule has 0 saturated heterocycles. The molecule has 5 heteroatoms. The fraction of sp³-hybridized carbons (Fsp3) is 0. The van der Waals surface area contributed by atoms with Gasteiger partial charge in [0.05, 0.1) is 11.0 Å². The molecule has 56 heavy (non-hydrogen) atoms. The van der Waals surface area contributed by atoms with Crippen LogP contribution in [0.5, 0.6) is 0 Å². The van der Waals surface area contributed by atoms with Gasteiger partial charge in [-0.1, -0.05) is 146 Å². The highest BCUT2D eigenvalue weighted by molar-refractivity contribution is 7.26. The van der Waals surface area contributed by atoms with Gasteiger partial charge in [0.15, 0.2) is 17.5 Å². The summed E-state index contributed by atoms with van der Waals surface area (Å²) in [6.45, 7) is 0. The Morgan fingerprint density at radius 3 is 1.68 bits per heavy atom. The topological polar surface area (TPSA) is 43.6 Å². The third-order valence-corrected chi connectivity index (χ3v) is 12.4. The van der Waals surface area contributed by atoms with Crippen LogP contribution in [0.4, 0.5) is 0 Å². The predicted molar refractivity (Wildman–Crippen MR) is 236 cm³/mol. The smallest absolute Gasteiger partial charge is 0.165 e. The van der Waals surface area contributed by atoms with Crippen LogP contribution in [0.15, 0.2) is 182 Å². The average molecular weight is 731 g/mol. The van der Waals surface area contributed by atoms with Crippen molar-refractivity contribution in [3.63, 3.8) is 0 Å². The van der Waals surface area contributed by atoms with E-state index in [0.29, 0.717) is 17.5 Å². The molecule has 0 aliphatic carbocycles. The summed E-state index contributed by atoms with van der Waals surface area (Å²) < 4.78 is 4.82. The summed E-state index contributed by atoms with van der Waals surface area (Å²) in [4.78, 5) is 15.6. The molecule has 0 radical (unpaired) electrons. The van der Waals surface area contributed by atoms with E-state index in [-0.39, 0.29) is 0 Å². The third-order valence-electron chi connectivity index (χ3n) is 11.2. The van der Waals surface area contributed by atoms with Crippen LogP contribution in [-0.2, 0) is 0 Å². The van der Waals surface area contributed by atoms with Crippen molar-refractivity contribution in [1.82, 2.24) is 19.5 Å². The summed E-state index contributed by atoms with van der Waals surface area (Å²) >= 11 is 1.80. The standard InChI is InChI=1S/C51H30N4S/c1-3-13-34-28-36(22-20-31(34)10-1)49-52-50(37-23-21-32-11-2-4-14-35(32)29-37)54-51(53-49)44-18-9-17-43-41-27-25-38(30-46(41)56-48(43)44)55-45-19-8-7-16-40(45)42-26-24-33-12-5-6-15-39(33)47(42)55/h1-30H. The Labute approximate surface area is 325 Å². The van der Waals surface area contributed by atoms with Gasteiger partial charge in [0.25, 0.3) is 0 Å². The number of fused-ring (bicyclic) bond motifs is 10. The number of benzene rings is 9. The van der Waals surface area contributed by atoms with Gasteiger partial charge in [0.2, 0.25) is 0 Å². The van der Waals surface area contributed by atoms with Gasteiger partial charge < -0.3 is 4.57 Å². The predicted octanol–water partition coefficient (Wildman–Crippen LogP) is 13.8.